The monoisotopic (exact) mass is 327 g/mol. The summed E-state index contributed by atoms with van der Waals surface area (Å²) < 4.78 is 22.9. The van der Waals surface area contributed by atoms with Gasteiger partial charge in [0.05, 0.1) is 22.3 Å². The number of rotatable bonds is 3. The zero-order chi connectivity index (χ0) is 15.5. The van der Waals surface area contributed by atoms with Gasteiger partial charge in [0.15, 0.2) is 9.84 Å². The molecule has 0 radical (unpaired) electrons. The van der Waals surface area contributed by atoms with Crippen LogP contribution in [0.15, 0.2) is 11.4 Å². The van der Waals surface area contributed by atoms with E-state index in [1.54, 1.807) is 11.9 Å². The van der Waals surface area contributed by atoms with E-state index in [2.05, 4.69) is 11.8 Å². The second-order valence-corrected chi connectivity index (χ2v) is 8.21. The molecule has 0 bridgehead atoms. The highest BCUT2D eigenvalue weighted by molar-refractivity contribution is 7.91. The first-order chi connectivity index (χ1) is 9.91. The van der Waals surface area contributed by atoms with Crippen molar-refractivity contribution in [3.8, 4) is 11.8 Å². The van der Waals surface area contributed by atoms with Crippen LogP contribution in [0.25, 0.3) is 0 Å². The summed E-state index contributed by atoms with van der Waals surface area (Å²) in [4.78, 5) is 14.6. The number of amides is 1. The van der Waals surface area contributed by atoms with E-state index < -0.39 is 15.8 Å². The molecule has 0 spiro atoms. The van der Waals surface area contributed by atoms with E-state index >= 15 is 0 Å². The minimum atomic E-state index is -3.04. The Morgan fingerprint density at radius 1 is 1.57 bits per heavy atom. The molecule has 0 saturated carbocycles. The van der Waals surface area contributed by atoms with Crippen molar-refractivity contribution in [2.75, 3.05) is 25.2 Å². The minimum absolute atomic E-state index is 0.0347. The Morgan fingerprint density at radius 3 is 2.95 bits per heavy atom. The molecule has 7 heteroatoms. The number of thiophene rings is 1. The number of aliphatic hydroxyl groups is 1. The van der Waals surface area contributed by atoms with Gasteiger partial charge in [-0.25, -0.2) is 8.42 Å². The van der Waals surface area contributed by atoms with E-state index in [0.717, 1.165) is 10.4 Å². The van der Waals surface area contributed by atoms with Crippen LogP contribution in [0.3, 0.4) is 0 Å². The molecule has 1 aliphatic heterocycles. The topological polar surface area (TPSA) is 74.7 Å². The summed E-state index contributed by atoms with van der Waals surface area (Å²) in [6.45, 7) is 0.258. The first kappa shape index (κ1) is 16.0. The van der Waals surface area contributed by atoms with Crippen molar-refractivity contribution in [3.05, 3.63) is 21.9 Å². The second kappa shape index (κ2) is 6.60. The Morgan fingerprint density at radius 2 is 2.33 bits per heavy atom. The maximum Gasteiger partial charge on any atom is 0.226 e. The maximum absolute atomic E-state index is 12.2. The molecule has 5 nitrogen and oxygen atoms in total. The molecule has 1 aromatic rings. The van der Waals surface area contributed by atoms with Gasteiger partial charge in [0.2, 0.25) is 5.91 Å². The molecule has 1 atom stereocenters. The van der Waals surface area contributed by atoms with Gasteiger partial charge in [-0.2, -0.15) is 0 Å². The highest BCUT2D eigenvalue weighted by Gasteiger charge is 2.34. The lowest BCUT2D eigenvalue weighted by Gasteiger charge is -2.19. The molecule has 1 unspecified atom stereocenters. The molecule has 2 heterocycles. The third kappa shape index (κ3) is 4.30. The summed E-state index contributed by atoms with van der Waals surface area (Å²) >= 11 is 1.46. The largest absolute Gasteiger partial charge is 0.384 e. The van der Waals surface area contributed by atoms with Crippen LogP contribution in [0.5, 0.6) is 0 Å². The lowest BCUT2D eigenvalue weighted by atomic mass is 10.1. The smallest absolute Gasteiger partial charge is 0.226 e. The Hall–Kier alpha value is -1.36. The summed E-state index contributed by atoms with van der Waals surface area (Å²) in [5.41, 5.74) is 0.957. The first-order valence-electron chi connectivity index (χ1n) is 6.54. The van der Waals surface area contributed by atoms with E-state index in [1.807, 2.05) is 11.4 Å². The van der Waals surface area contributed by atoms with Crippen LogP contribution in [0.1, 0.15) is 16.9 Å². The van der Waals surface area contributed by atoms with Gasteiger partial charge in [0, 0.05) is 13.6 Å². The van der Waals surface area contributed by atoms with Gasteiger partial charge in [0.25, 0.3) is 0 Å². The number of sulfone groups is 1. The van der Waals surface area contributed by atoms with E-state index in [-0.39, 0.29) is 24.0 Å². The second-order valence-electron chi connectivity index (χ2n) is 5.07. The molecule has 1 fully saturated rings. The summed E-state index contributed by atoms with van der Waals surface area (Å²) in [7, 11) is -1.36. The Kier molecular flexibility index (Phi) is 5.04. The van der Waals surface area contributed by atoms with Gasteiger partial charge in [0.1, 0.15) is 6.61 Å². The first-order valence-corrected chi connectivity index (χ1v) is 9.24. The fourth-order valence-electron chi connectivity index (χ4n) is 2.30. The average Bonchev–Trinajstić information content (AvgIpc) is 3.02. The van der Waals surface area contributed by atoms with Gasteiger partial charge in [-0.05, 0) is 23.4 Å². The molecule has 2 rings (SSSR count). The van der Waals surface area contributed by atoms with E-state index in [1.165, 1.54) is 11.3 Å². The Balaban J connectivity index is 1.96. The minimum Gasteiger partial charge on any atom is -0.384 e. The normalized spacial score (nSPS) is 19.8. The van der Waals surface area contributed by atoms with Crippen LogP contribution in [0.4, 0.5) is 0 Å². The Labute approximate surface area is 128 Å². The van der Waals surface area contributed by atoms with Crippen LogP contribution in [0, 0.1) is 17.8 Å². The van der Waals surface area contributed by atoms with Gasteiger partial charge in [-0.1, -0.05) is 11.8 Å². The lowest BCUT2D eigenvalue weighted by molar-refractivity contribution is -0.133. The number of nitrogens with zero attached hydrogens (tertiary/aromatic N) is 1. The van der Waals surface area contributed by atoms with Crippen molar-refractivity contribution in [1.29, 1.82) is 0 Å². The standard InChI is InChI=1S/C14H17NO4S2/c1-15(14(17)12-4-6-21(18,19)10-12)8-11-7-13(20-9-11)3-2-5-16/h7,9,12,16H,4-6,8,10H2,1H3. The molecular weight excluding hydrogens is 310 g/mol. The number of hydrogen-bond acceptors (Lipinski definition) is 5. The highest BCUT2D eigenvalue weighted by Crippen LogP contribution is 2.22. The molecule has 1 N–H and O–H groups in total. The van der Waals surface area contributed by atoms with Crippen molar-refractivity contribution in [1.82, 2.24) is 4.90 Å². The van der Waals surface area contributed by atoms with Crippen molar-refractivity contribution in [2.45, 2.75) is 13.0 Å². The van der Waals surface area contributed by atoms with Crippen LogP contribution >= 0.6 is 11.3 Å². The molecule has 21 heavy (non-hydrogen) atoms. The zero-order valence-electron chi connectivity index (χ0n) is 11.7. The predicted molar refractivity (Wildman–Crippen MR) is 81.5 cm³/mol. The molecule has 1 aromatic heterocycles. The van der Waals surface area contributed by atoms with Crippen molar-refractivity contribution in [2.24, 2.45) is 5.92 Å². The molecule has 114 valence electrons. The molecule has 1 amide bonds. The summed E-state index contributed by atoms with van der Waals surface area (Å²) in [5.74, 6) is 4.94. The lowest BCUT2D eigenvalue weighted by Crippen LogP contribution is -2.33. The zero-order valence-corrected chi connectivity index (χ0v) is 13.3. The van der Waals surface area contributed by atoms with Gasteiger partial charge < -0.3 is 10.0 Å². The summed E-state index contributed by atoms with van der Waals surface area (Å²) in [6.07, 6.45) is 0.419. The Bertz CT molecular complexity index is 681. The van der Waals surface area contributed by atoms with Gasteiger partial charge in [-0.3, -0.25) is 4.79 Å². The van der Waals surface area contributed by atoms with Crippen LogP contribution in [0.2, 0.25) is 0 Å². The number of aliphatic hydroxyl groups excluding tert-OH is 1. The third-order valence-electron chi connectivity index (χ3n) is 3.32. The van der Waals surface area contributed by atoms with E-state index in [4.69, 9.17) is 5.11 Å². The summed E-state index contributed by atoms with van der Waals surface area (Å²) in [6, 6.07) is 1.88. The molecular formula is C14H17NO4S2. The van der Waals surface area contributed by atoms with Crippen molar-refractivity contribution >= 4 is 27.1 Å². The van der Waals surface area contributed by atoms with Crippen LogP contribution in [-0.4, -0.2) is 49.5 Å². The summed E-state index contributed by atoms with van der Waals surface area (Å²) in [5, 5.41) is 10.6. The fraction of sp³-hybridized carbons (Fsp3) is 0.500. The molecule has 1 saturated heterocycles. The average molecular weight is 327 g/mol. The fourth-order valence-corrected chi connectivity index (χ4v) is 4.81. The third-order valence-corrected chi connectivity index (χ3v) is 5.98. The predicted octanol–water partition coefficient (Wildman–Crippen LogP) is 0.485. The highest BCUT2D eigenvalue weighted by atomic mass is 32.2. The van der Waals surface area contributed by atoms with Crippen LogP contribution in [-0.2, 0) is 21.2 Å². The molecule has 0 aliphatic carbocycles. The van der Waals surface area contributed by atoms with Crippen molar-refractivity contribution < 1.29 is 18.3 Å². The maximum atomic E-state index is 12.2. The van der Waals surface area contributed by atoms with E-state index in [9.17, 15) is 13.2 Å². The molecule has 0 aromatic carbocycles. The quantitative estimate of drug-likeness (QED) is 0.820. The van der Waals surface area contributed by atoms with Gasteiger partial charge >= 0.3 is 0 Å². The van der Waals surface area contributed by atoms with Gasteiger partial charge in [-0.15, -0.1) is 11.3 Å². The number of carbonyl (C=O) groups excluding carboxylic acids is 1. The van der Waals surface area contributed by atoms with Crippen LogP contribution < -0.4 is 0 Å². The van der Waals surface area contributed by atoms with Crippen molar-refractivity contribution in [3.63, 3.8) is 0 Å². The molecule has 1 aliphatic rings. The number of carbonyl (C=O) groups is 1. The number of hydrogen-bond donors (Lipinski definition) is 1. The SMILES string of the molecule is CN(Cc1csc(C#CCO)c1)C(=O)C1CCS(=O)(=O)C1. The van der Waals surface area contributed by atoms with E-state index in [0.29, 0.717) is 13.0 Å².